The van der Waals surface area contributed by atoms with Crippen LogP contribution in [0.2, 0.25) is 0 Å². The second-order valence-electron chi connectivity index (χ2n) is 2.21. The summed E-state index contributed by atoms with van der Waals surface area (Å²) in [6.07, 6.45) is 4.56. The normalized spacial score (nSPS) is 10.3. The van der Waals surface area contributed by atoms with Crippen LogP contribution < -0.4 is 4.74 Å². The first-order valence-corrected chi connectivity index (χ1v) is 3.29. The van der Waals surface area contributed by atoms with Crippen LogP contribution in [0.15, 0.2) is 24.4 Å². The number of aromatic nitrogens is 2. The quantitative estimate of drug-likeness (QED) is 0.604. The number of rotatable bonds is 1. The van der Waals surface area contributed by atoms with Crippen LogP contribution in [0.4, 0.5) is 0 Å². The van der Waals surface area contributed by atoms with E-state index in [1.807, 2.05) is 24.4 Å². The summed E-state index contributed by atoms with van der Waals surface area (Å²) in [4.78, 5) is 0. The zero-order valence-corrected chi connectivity index (χ0v) is 6.11. The number of ether oxygens (including phenoxy) is 1. The topological polar surface area (TPSA) is 26.5 Å². The van der Waals surface area contributed by atoms with E-state index in [0.29, 0.717) is 0 Å². The number of hydrogen-bond acceptors (Lipinski definition) is 2. The average Bonchev–Trinajstić information content (AvgIpc) is 2.50. The number of nitrogens with zero attached hydrogens (tertiary/aromatic N) is 2. The van der Waals surface area contributed by atoms with Crippen molar-refractivity contribution in [1.82, 2.24) is 9.61 Å². The van der Waals surface area contributed by atoms with Crippen LogP contribution in [-0.2, 0) is 0 Å². The molecule has 3 heteroatoms. The van der Waals surface area contributed by atoms with Crippen molar-refractivity contribution in [2.24, 2.45) is 0 Å². The molecule has 0 saturated carbocycles. The molecule has 11 heavy (non-hydrogen) atoms. The van der Waals surface area contributed by atoms with Gasteiger partial charge in [-0.3, -0.25) is 0 Å². The summed E-state index contributed by atoms with van der Waals surface area (Å²) in [5, 5.41) is 3.94. The Morgan fingerprint density at radius 3 is 3.27 bits per heavy atom. The van der Waals surface area contributed by atoms with Gasteiger partial charge in [-0.1, -0.05) is 0 Å². The zero-order chi connectivity index (χ0) is 7.68. The van der Waals surface area contributed by atoms with E-state index in [4.69, 9.17) is 4.74 Å². The first-order chi connectivity index (χ1) is 5.40. The van der Waals surface area contributed by atoms with Gasteiger partial charge in [0.15, 0.2) is 0 Å². The summed E-state index contributed by atoms with van der Waals surface area (Å²) in [6.45, 7) is 0. The second kappa shape index (κ2) is 2.27. The summed E-state index contributed by atoms with van der Waals surface area (Å²) in [7, 11) is 1.63. The summed E-state index contributed by atoms with van der Waals surface area (Å²) in [6, 6.07) is 5.65. The SMILES string of the molecule is COc1ccc2c[c]nn2c1. The standard InChI is InChI=1S/C8H7N2O/c1-11-8-3-2-7-4-5-9-10(7)6-8/h2-4,6H,1H3. The largest absolute Gasteiger partial charge is 0.495 e. The van der Waals surface area contributed by atoms with Crippen molar-refractivity contribution in [2.45, 2.75) is 0 Å². The number of fused-ring (bicyclic) bond motifs is 1. The van der Waals surface area contributed by atoms with E-state index in [1.54, 1.807) is 11.6 Å². The van der Waals surface area contributed by atoms with Crippen molar-refractivity contribution in [3.05, 3.63) is 30.6 Å². The fourth-order valence-corrected chi connectivity index (χ4v) is 0.961. The molecule has 1 radical (unpaired) electrons. The molecular formula is C8H7N2O. The van der Waals surface area contributed by atoms with E-state index in [1.165, 1.54) is 0 Å². The van der Waals surface area contributed by atoms with Crippen LogP contribution in [0.1, 0.15) is 0 Å². The van der Waals surface area contributed by atoms with Crippen molar-refractivity contribution in [1.29, 1.82) is 0 Å². The van der Waals surface area contributed by atoms with Crippen LogP contribution in [0.5, 0.6) is 5.75 Å². The predicted octanol–water partition coefficient (Wildman–Crippen LogP) is 1.14. The smallest absolute Gasteiger partial charge is 0.137 e. The van der Waals surface area contributed by atoms with Crippen molar-refractivity contribution < 1.29 is 4.74 Å². The van der Waals surface area contributed by atoms with Gasteiger partial charge in [-0.05, 0) is 18.2 Å². The van der Waals surface area contributed by atoms with Gasteiger partial charge in [0.25, 0.3) is 0 Å². The Kier molecular flexibility index (Phi) is 1.28. The molecule has 0 aliphatic rings. The fraction of sp³-hybridized carbons (Fsp3) is 0.125. The maximum atomic E-state index is 5.02. The minimum Gasteiger partial charge on any atom is -0.495 e. The van der Waals surface area contributed by atoms with Gasteiger partial charge in [-0.2, -0.15) is 5.10 Å². The second-order valence-corrected chi connectivity index (χ2v) is 2.21. The molecule has 0 amide bonds. The maximum absolute atomic E-state index is 5.02. The molecule has 2 aromatic rings. The highest BCUT2D eigenvalue weighted by molar-refractivity contribution is 5.46. The Balaban J connectivity index is 2.67. The molecule has 0 atom stereocenters. The van der Waals surface area contributed by atoms with Crippen LogP contribution in [-0.4, -0.2) is 16.7 Å². The fourth-order valence-electron chi connectivity index (χ4n) is 0.961. The highest BCUT2D eigenvalue weighted by atomic mass is 16.5. The third-order valence-electron chi connectivity index (χ3n) is 1.55. The number of hydrogen-bond donors (Lipinski definition) is 0. The molecule has 0 fully saturated rings. The van der Waals surface area contributed by atoms with Crippen LogP contribution in [0, 0.1) is 6.20 Å². The van der Waals surface area contributed by atoms with E-state index in [0.717, 1.165) is 11.3 Å². The van der Waals surface area contributed by atoms with Gasteiger partial charge in [0.2, 0.25) is 0 Å². The molecule has 0 aromatic carbocycles. The lowest BCUT2D eigenvalue weighted by atomic mass is 10.4. The Morgan fingerprint density at radius 1 is 1.55 bits per heavy atom. The summed E-state index contributed by atoms with van der Waals surface area (Å²) in [5.41, 5.74) is 1.02. The minimum atomic E-state index is 0.801. The van der Waals surface area contributed by atoms with Crippen LogP contribution in [0.25, 0.3) is 5.52 Å². The van der Waals surface area contributed by atoms with E-state index in [9.17, 15) is 0 Å². The van der Waals surface area contributed by atoms with Gasteiger partial charge in [-0.15, -0.1) is 0 Å². The highest BCUT2D eigenvalue weighted by Crippen LogP contribution is 2.10. The maximum Gasteiger partial charge on any atom is 0.137 e. The molecule has 0 bridgehead atoms. The Morgan fingerprint density at radius 2 is 2.45 bits per heavy atom. The lowest BCUT2D eigenvalue weighted by Crippen LogP contribution is -1.88. The first kappa shape index (κ1) is 6.22. The van der Waals surface area contributed by atoms with E-state index >= 15 is 0 Å². The van der Waals surface area contributed by atoms with Gasteiger partial charge in [0, 0.05) is 0 Å². The number of pyridine rings is 1. The van der Waals surface area contributed by atoms with Gasteiger partial charge in [0.1, 0.15) is 11.9 Å². The molecule has 2 aromatic heterocycles. The van der Waals surface area contributed by atoms with Crippen molar-refractivity contribution in [3.8, 4) is 5.75 Å². The van der Waals surface area contributed by atoms with Crippen molar-refractivity contribution in [3.63, 3.8) is 0 Å². The molecular weight excluding hydrogens is 140 g/mol. The molecule has 0 saturated heterocycles. The molecule has 0 spiro atoms. The third kappa shape index (κ3) is 0.941. The Hall–Kier alpha value is -1.51. The first-order valence-electron chi connectivity index (χ1n) is 3.29. The van der Waals surface area contributed by atoms with Gasteiger partial charge in [0.05, 0.1) is 18.8 Å². The van der Waals surface area contributed by atoms with Gasteiger partial charge < -0.3 is 4.74 Å². The molecule has 0 aliphatic carbocycles. The average molecular weight is 147 g/mol. The highest BCUT2D eigenvalue weighted by Gasteiger charge is 1.94. The molecule has 55 valence electrons. The monoisotopic (exact) mass is 147 g/mol. The zero-order valence-electron chi connectivity index (χ0n) is 6.11. The van der Waals surface area contributed by atoms with E-state index in [2.05, 4.69) is 11.3 Å². The number of methoxy groups -OCH3 is 1. The van der Waals surface area contributed by atoms with E-state index in [-0.39, 0.29) is 0 Å². The summed E-state index contributed by atoms with van der Waals surface area (Å²) >= 11 is 0. The summed E-state index contributed by atoms with van der Waals surface area (Å²) in [5.74, 6) is 0.801. The molecule has 0 unspecified atom stereocenters. The molecule has 0 aliphatic heterocycles. The van der Waals surface area contributed by atoms with Gasteiger partial charge >= 0.3 is 0 Å². The van der Waals surface area contributed by atoms with Crippen LogP contribution >= 0.6 is 0 Å². The lowest BCUT2D eigenvalue weighted by Gasteiger charge is -1.98. The molecule has 2 rings (SSSR count). The van der Waals surface area contributed by atoms with Crippen molar-refractivity contribution in [2.75, 3.05) is 7.11 Å². The lowest BCUT2D eigenvalue weighted by molar-refractivity contribution is 0.411. The Bertz CT molecular complexity index is 367. The predicted molar refractivity (Wildman–Crippen MR) is 40.6 cm³/mol. The molecule has 0 N–H and O–H groups in total. The Labute approximate surface area is 64.2 Å². The van der Waals surface area contributed by atoms with E-state index < -0.39 is 0 Å². The minimum absolute atomic E-state index is 0.801. The molecule has 3 nitrogen and oxygen atoms in total. The third-order valence-corrected chi connectivity index (χ3v) is 1.55. The summed E-state index contributed by atoms with van der Waals surface area (Å²) < 4.78 is 6.74. The van der Waals surface area contributed by atoms with Crippen molar-refractivity contribution >= 4 is 5.52 Å². The van der Waals surface area contributed by atoms with Gasteiger partial charge in [-0.25, -0.2) is 4.52 Å². The van der Waals surface area contributed by atoms with Crippen LogP contribution in [0.3, 0.4) is 0 Å². The molecule has 2 heterocycles.